The van der Waals surface area contributed by atoms with Gasteiger partial charge in [0.1, 0.15) is 0 Å². The van der Waals surface area contributed by atoms with Crippen LogP contribution in [0, 0.1) is 0 Å². The van der Waals surface area contributed by atoms with Crippen LogP contribution in [0.15, 0.2) is 17.6 Å². The van der Waals surface area contributed by atoms with Gasteiger partial charge in [-0.15, -0.1) is 0 Å². The minimum Gasteiger partial charge on any atom is -0.335 e. The molecule has 0 aliphatic carbocycles. The van der Waals surface area contributed by atoms with Gasteiger partial charge < -0.3 is 9.88 Å². The van der Waals surface area contributed by atoms with E-state index >= 15 is 0 Å². The van der Waals surface area contributed by atoms with Crippen LogP contribution in [0.3, 0.4) is 0 Å². The Morgan fingerprint density at radius 3 is 2.78 bits per heavy atom. The lowest BCUT2D eigenvalue weighted by molar-refractivity contribution is 0.208. The molecule has 0 radical (unpaired) electrons. The summed E-state index contributed by atoms with van der Waals surface area (Å²) in [7, 11) is -3.43. The second-order valence-electron chi connectivity index (χ2n) is 4.65. The van der Waals surface area contributed by atoms with Gasteiger partial charge in [-0.05, 0) is 38.9 Å². The zero-order chi connectivity index (χ0) is 13.0. The minimum atomic E-state index is -3.43. The number of piperidine rings is 1. The van der Waals surface area contributed by atoms with Gasteiger partial charge in [0.2, 0.25) is 0 Å². The zero-order valence-corrected chi connectivity index (χ0v) is 11.4. The van der Waals surface area contributed by atoms with Crippen LogP contribution in [0.2, 0.25) is 0 Å². The fourth-order valence-corrected chi connectivity index (χ4v) is 3.47. The van der Waals surface area contributed by atoms with Crippen molar-refractivity contribution >= 4 is 10.0 Å². The number of aromatic nitrogens is 2. The quantitative estimate of drug-likeness (QED) is 0.821. The molecule has 1 aromatic rings. The summed E-state index contributed by atoms with van der Waals surface area (Å²) in [5.74, 6) is 0. The molecule has 2 heterocycles. The van der Waals surface area contributed by atoms with Gasteiger partial charge in [0, 0.05) is 6.04 Å². The number of sulfonamides is 1. The van der Waals surface area contributed by atoms with Crippen molar-refractivity contribution in [3.8, 4) is 0 Å². The smallest absolute Gasteiger partial charge is 0.257 e. The first-order valence-electron chi connectivity index (χ1n) is 6.35. The summed E-state index contributed by atoms with van der Waals surface area (Å²) in [5.41, 5.74) is 0. The molecule has 0 atom stereocenters. The van der Waals surface area contributed by atoms with Gasteiger partial charge in [0.05, 0.1) is 12.5 Å². The van der Waals surface area contributed by atoms with E-state index in [-0.39, 0.29) is 11.1 Å². The van der Waals surface area contributed by atoms with Crippen LogP contribution in [-0.2, 0) is 10.0 Å². The Labute approximate surface area is 108 Å². The molecular weight excluding hydrogens is 252 g/mol. The number of aromatic amines is 1. The van der Waals surface area contributed by atoms with Gasteiger partial charge >= 0.3 is 0 Å². The van der Waals surface area contributed by atoms with Crippen LogP contribution >= 0.6 is 0 Å². The number of nitrogens with one attached hydrogen (secondary N) is 2. The lowest BCUT2D eigenvalue weighted by atomic mass is 10.1. The maximum absolute atomic E-state index is 12.0. The predicted octanol–water partition coefficient (Wildman–Crippen LogP) is 0.562. The molecule has 1 aromatic heterocycles. The van der Waals surface area contributed by atoms with Crippen molar-refractivity contribution in [2.24, 2.45) is 0 Å². The van der Waals surface area contributed by atoms with Crippen molar-refractivity contribution in [3.05, 3.63) is 12.5 Å². The lowest BCUT2D eigenvalue weighted by Crippen LogP contribution is -2.44. The highest BCUT2D eigenvalue weighted by Crippen LogP contribution is 2.13. The molecule has 18 heavy (non-hydrogen) atoms. The van der Waals surface area contributed by atoms with Crippen LogP contribution in [0.5, 0.6) is 0 Å². The number of likely N-dealkylation sites (tertiary alicyclic amines) is 1. The average molecular weight is 272 g/mol. The molecule has 0 aromatic carbocycles. The first kappa shape index (κ1) is 13.5. The first-order valence-corrected chi connectivity index (χ1v) is 7.83. The molecule has 1 saturated heterocycles. The SMILES string of the molecule is CCCN1CCC(NS(=O)(=O)c2cnc[nH]2)CC1. The van der Waals surface area contributed by atoms with E-state index in [9.17, 15) is 8.42 Å². The van der Waals surface area contributed by atoms with E-state index in [0.717, 1.165) is 38.9 Å². The van der Waals surface area contributed by atoms with Crippen molar-refractivity contribution in [2.45, 2.75) is 37.3 Å². The fraction of sp³-hybridized carbons (Fsp3) is 0.727. The maximum atomic E-state index is 12.0. The number of H-pyrrole nitrogens is 1. The van der Waals surface area contributed by atoms with E-state index in [2.05, 4.69) is 26.5 Å². The fourth-order valence-electron chi connectivity index (χ4n) is 2.26. The molecule has 1 aliphatic rings. The highest BCUT2D eigenvalue weighted by molar-refractivity contribution is 7.89. The molecule has 0 unspecified atom stereocenters. The topological polar surface area (TPSA) is 78.1 Å². The van der Waals surface area contributed by atoms with Gasteiger partial charge in [-0.2, -0.15) is 0 Å². The van der Waals surface area contributed by atoms with Gasteiger partial charge in [-0.1, -0.05) is 6.92 Å². The molecule has 2 N–H and O–H groups in total. The minimum absolute atomic E-state index is 0.0337. The van der Waals surface area contributed by atoms with E-state index in [0.29, 0.717) is 0 Å². The number of hydrogen-bond donors (Lipinski definition) is 2. The Bertz CT molecular complexity index is 449. The Morgan fingerprint density at radius 1 is 1.50 bits per heavy atom. The summed E-state index contributed by atoms with van der Waals surface area (Å²) in [5, 5.41) is 0.137. The second kappa shape index (κ2) is 5.81. The maximum Gasteiger partial charge on any atom is 0.257 e. The summed E-state index contributed by atoms with van der Waals surface area (Å²) < 4.78 is 26.7. The van der Waals surface area contributed by atoms with Crippen LogP contribution < -0.4 is 4.72 Å². The standard InChI is InChI=1S/C11H20N4O2S/c1-2-5-15-6-3-10(4-7-15)14-18(16,17)11-8-12-9-13-11/h8-10,14H,2-7H2,1H3,(H,12,13). The van der Waals surface area contributed by atoms with Crippen LogP contribution in [0.4, 0.5) is 0 Å². The Morgan fingerprint density at radius 2 is 2.22 bits per heavy atom. The molecule has 0 bridgehead atoms. The van der Waals surface area contributed by atoms with E-state index in [1.54, 1.807) is 0 Å². The number of hydrogen-bond acceptors (Lipinski definition) is 4. The van der Waals surface area contributed by atoms with E-state index < -0.39 is 10.0 Å². The van der Waals surface area contributed by atoms with E-state index in [1.165, 1.54) is 12.5 Å². The van der Waals surface area contributed by atoms with Crippen molar-refractivity contribution in [2.75, 3.05) is 19.6 Å². The Kier molecular flexibility index (Phi) is 4.36. The largest absolute Gasteiger partial charge is 0.335 e. The second-order valence-corrected chi connectivity index (χ2v) is 6.34. The van der Waals surface area contributed by atoms with Crippen LogP contribution in [0.25, 0.3) is 0 Å². The molecular formula is C11H20N4O2S. The molecule has 0 spiro atoms. The van der Waals surface area contributed by atoms with Crippen molar-refractivity contribution in [3.63, 3.8) is 0 Å². The summed E-state index contributed by atoms with van der Waals surface area (Å²) in [4.78, 5) is 8.74. The molecule has 0 saturated carbocycles. The molecule has 7 heteroatoms. The summed E-state index contributed by atoms with van der Waals surface area (Å²) >= 11 is 0. The average Bonchev–Trinajstić information content (AvgIpc) is 2.86. The number of rotatable bonds is 5. The van der Waals surface area contributed by atoms with Crippen molar-refractivity contribution in [1.82, 2.24) is 19.6 Å². The summed E-state index contributed by atoms with van der Waals surface area (Å²) in [6.45, 7) is 5.18. The monoisotopic (exact) mass is 272 g/mol. The lowest BCUT2D eigenvalue weighted by Gasteiger charge is -2.31. The van der Waals surface area contributed by atoms with E-state index in [4.69, 9.17) is 0 Å². The van der Waals surface area contributed by atoms with Crippen LogP contribution in [0.1, 0.15) is 26.2 Å². The first-order chi connectivity index (χ1) is 8.62. The molecule has 1 fully saturated rings. The van der Waals surface area contributed by atoms with Crippen molar-refractivity contribution < 1.29 is 8.42 Å². The molecule has 6 nitrogen and oxygen atoms in total. The Balaban J connectivity index is 1.88. The van der Waals surface area contributed by atoms with Gasteiger partial charge in [-0.3, -0.25) is 0 Å². The molecule has 1 aliphatic heterocycles. The summed E-state index contributed by atoms with van der Waals surface area (Å²) in [6.07, 6.45) is 5.58. The third kappa shape index (κ3) is 3.30. The summed E-state index contributed by atoms with van der Waals surface area (Å²) in [6, 6.07) is 0.0337. The molecule has 2 rings (SSSR count). The third-order valence-electron chi connectivity index (χ3n) is 3.21. The number of imidazole rings is 1. The molecule has 102 valence electrons. The zero-order valence-electron chi connectivity index (χ0n) is 10.6. The number of nitrogens with zero attached hydrogens (tertiary/aromatic N) is 2. The van der Waals surface area contributed by atoms with Gasteiger partial charge in [0.15, 0.2) is 5.03 Å². The Hall–Kier alpha value is -0.920. The predicted molar refractivity (Wildman–Crippen MR) is 68.7 cm³/mol. The highest BCUT2D eigenvalue weighted by Gasteiger charge is 2.24. The van der Waals surface area contributed by atoms with E-state index in [1.807, 2.05) is 0 Å². The third-order valence-corrected chi connectivity index (χ3v) is 4.66. The van der Waals surface area contributed by atoms with Gasteiger partial charge in [0.25, 0.3) is 10.0 Å². The van der Waals surface area contributed by atoms with Crippen LogP contribution in [-0.4, -0.2) is 49.0 Å². The normalized spacial score (nSPS) is 19.2. The van der Waals surface area contributed by atoms with Gasteiger partial charge in [-0.25, -0.2) is 18.1 Å². The van der Waals surface area contributed by atoms with Crippen molar-refractivity contribution in [1.29, 1.82) is 0 Å². The molecule has 0 amide bonds. The highest BCUT2D eigenvalue weighted by atomic mass is 32.2.